The van der Waals surface area contributed by atoms with Crippen molar-refractivity contribution in [2.45, 2.75) is 152 Å². The highest BCUT2D eigenvalue weighted by molar-refractivity contribution is 5.89. The standard InChI is InChI=1S/C19H24N2O4.C14H22N2O4.C14H21NO4.C13H19NO4/c22-18(16-14-6-7-15(25-14)17(16)19(23)24)21-10-8-20(9-11-21)12-13-4-2-1-3-5-13;1-2-15-5-7-16(8-6-15)13(17)11-9-3-4-10(20-9)12(11)14(18)19;1-18-14(17)12-10-6-5-9(19-10)11(12)13(16)15-7-3-2-4-8-15;15-12(14-6-2-1-3-7-14)10-8-4-5-9(18-8)11(10)13(16)17/h1-5,14-17H,6-12H2,(H,23,24);9-12H,2-8H2,1H3,(H,18,19);9-12H,2-8H2,1H3;8-11H,1-7H2,(H,16,17)/p-2/t14-,15+,16?,17?;2*9-,10+,11?,12?;8-,9+,10?,11?/m0000/s1. The molecule has 12 aliphatic heterocycles. The zero-order chi connectivity index (χ0) is 57.8. The summed E-state index contributed by atoms with van der Waals surface area (Å²) in [6.07, 6.45) is 11.2. The van der Waals surface area contributed by atoms with Crippen molar-refractivity contribution in [1.82, 2.24) is 29.4 Å². The van der Waals surface area contributed by atoms with E-state index in [9.17, 15) is 53.7 Å². The van der Waals surface area contributed by atoms with Gasteiger partial charge in [0.25, 0.3) is 0 Å². The lowest BCUT2D eigenvalue weighted by Crippen LogP contribution is -2.54. The van der Waals surface area contributed by atoms with Gasteiger partial charge in [-0.1, -0.05) is 37.3 Å². The molecule has 13 rings (SSSR count). The molecule has 1 aromatic carbocycles. The molecule has 12 aliphatic rings. The van der Waals surface area contributed by atoms with E-state index in [1.54, 1.807) is 4.90 Å². The predicted octanol–water partition coefficient (Wildman–Crippen LogP) is 0.411. The lowest BCUT2D eigenvalue weighted by atomic mass is 9.78. The smallest absolute Gasteiger partial charge is 0.312 e. The number of carbonyl (C=O) groups excluding carboxylic acids is 7. The summed E-state index contributed by atoms with van der Waals surface area (Å²) in [5.41, 5.74) is 1.27. The van der Waals surface area contributed by atoms with E-state index in [1.807, 2.05) is 32.9 Å². The van der Waals surface area contributed by atoms with Crippen molar-refractivity contribution in [3.05, 3.63) is 35.9 Å². The van der Waals surface area contributed by atoms with Crippen LogP contribution in [0.25, 0.3) is 0 Å². The fourth-order valence-electron chi connectivity index (χ4n) is 15.6. The van der Waals surface area contributed by atoms with Crippen molar-refractivity contribution in [1.29, 1.82) is 0 Å². The summed E-state index contributed by atoms with van der Waals surface area (Å²) in [4.78, 5) is 109. The van der Waals surface area contributed by atoms with E-state index < -0.39 is 59.3 Å². The first kappa shape index (κ1) is 59.9. The average molecular weight is 1150 g/mol. The molecule has 12 heterocycles. The summed E-state index contributed by atoms with van der Waals surface area (Å²) >= 11 is 0. The Kier molecular flexibility index (Phi) is 19.5. The summed E-state index contributed by atoms with van der Waals surface area (Å²) in [5, 5.41) is 32.0. The minimum atomic E-state index is -1.14. The quantitative estimate of drug-likeness (QED) is 0.294. The molecule has 4 amide bonds. The molecule has 16 atom stereocenters. The molecule has 0 saturated carbocycles. The van der Waals surface area contributed by atoms with Crippen LogP contribution < -0.4 is 10.2 Å². The van der Waals surface area contributed by atoms with Crippen LogP contribution in [0, 0.1) is 47.3 Å². The SMILES string of the molecule is CCN1CCN(C(=O)C2C(C(=O)[O-])[C@H]3CC[C@@H]2O3)CC1.COC(=O)C1C(C(=O)N2CCCCC2)[C@@H]2CC[C@H]1O2.O=C(O)C1C(C(=O)N2CCN(Cc3ccccc3)CC2)[C@@H]2CC[C@H]1O2.O=C([O-])C1C(C(=O)N2CCCCC2)[C@@H]2CC[C@H]1O2. The third-order valence-corrected chi connectivity index (χ3v) is 19.9. The van der Waals surface area contributed by atoms with Crippen LogP contribution in [0.4, 0.5) is 0 Å². The summed E-state index contributed by atoms with van der Waals surface area (Å²) in [6, 6.07) is 10.3. The van der Waals surface area contributed by atoms with E-state index in [0.717, 1.165) is 149 Å². The number of hydrogen-bond donors (Lipinski definition) is 1. The number of amides is 4. The van der Waals surface area contributed by atoms with Gasteiger partial charge in [0.15, 0.2) is 0 Å². The number of hydrogen-bond acceptors (Lipinski definition) is 17. The van der Waals surface area contributed by atoms with Gasteiger partial charge in [0, 0.05) is 109 Å². The Balaban J connectivity index is 0.000000123. The van der Waals surface area contributed by atoms with Gasteiger partial charge < -0.3 is 73.1 Å². The second kappa shape index (κ2) is 26.8. The first-order valence-electron chi connectivity index (χ1n) is 30.6. The molecule has 22 heteroatoms. The third kappa shape index (κ3) is 12.7. The van der Waals surface area contributed by atoms with Crippen LogP contribution in [0.5, 0.6) is 0 Å². The molecular formula is C60H84N6O16-2. The number of carboxylic acid groups (broad SMARTS) is 3. The molecule has 12 saturated heterocycles. The van der Waals surface area contributed by atoms with Gasteiger partial charge in [-0.15, -0.1) is 0 Å². The fourth-order valence-corrected chi connectivity index (χ4v) is 15.6. The maximum atomic E-state index is 12.9. The Morgan fingerprint density at radius 1 is 0.439 bits per heavy atom. The van der Waals surface area contributed by atoms with Crippen molar-refractivity contribution in [3.8, 4) is 0 Å². The lowest BCUT2D eigenvalue weighted by molar-refractivity contribution is -0.315. The number of carboxylic acids is 3. The number of rotatable bonds is 11. The Labute approximate surface area is 480 Å². The zero-order valence-electron chi connectivity index (χ0n) is 47.7. The predicted molar refractivity (Wildman–Crippen MR) is 287 cm³/mol. The van der Waals surface area contributed by atoms with Crippen molar-refractivity contribution in [2.24, 2.45) is 47.3 Å². The van der Waals surface area contributed by atoms with E-state index >= 15 is 0 Å². The number of methoxy groups -OCH3 is 1. The zero-order valence-corrected chi connectivity index (χ0v) is 47.7. The Bertz CT molecular complexity index is 2440. The van der Waals surface area contributed by atoms with Crippen molar-refractivity contribution < 1.29 is 77.4 Å². The van der Waals surface area contributed by atoms with Gasteiger partial charge >= 0.3 is 11.9 Å². The number of likely N-dealkylation sites (tertiary alicyclic amines) is 2. The van der Waals surface area contributed by atoms with E-state index in [4.69, 9.17) is 23.7 Å². The molecule has 8 unspecified atom stereocenters. The van der Waals surface area contributed by atoms with Crippen LogP contribution in [0.2, 0.25) is 0 Å². The molecule has 22 nitrogen and oxygen atoms in total. The summed E-state index contributed by atoms with van der Waals surface area (Å²) in [6.45, 7) is 13.2. The normalized spacial score (nSPS) is 36.1. The largest absolute Gasteiger partial charge is 0.550 e. The van der Waals surface area contributed by atoms with Crippen molar-refractivity contribution in [2.75, 3.05) is 92.2 Å². The van der Waals surface area contributed by atoms with Gasteiger partial charge in [-0.3, -0.25) is 33.7 Å². The van der Waals surface area contributed by atoms with Crippen LogP contribution in [-0.2, 0) is 68.6 Å². The molecule has 12 fully saturated rings. The molecule has 452 valence electrons. The second-order valence-electron chi connectivity index (χ2n) is 24.5. The molecule has 82 heavy (non-hydrogen) atoms. The summed E-state index contributed by atoms with van der Waals surface area (Å²) in [5.74, 6) is -7.88. The highest BCUT2D eigenvalue weighted by Crippen LogP contribution is 2.48. The number of aliphatic carboxylic acids is 3. The van der Waals surface area contributed by atoms with Crippen LogP contribution in [0.3, 0.4) is 0 Å². The first-order chi connectivity index (χ1) is 39.6. The minimum Gasteiger partial charge on any atom is -0.550 e. The number of fused-ring (bicyclic) bond motifs is 8. The summed E-state index contributed by atoms with van der Waals surface area (Å²) in [7, 11) is 1.39. The molecule has 0 radical (unpaired) electrons. The lowest BCUT2D eigenvalue weighted by Gasteiger charge is -2.38. The van der Waals surface area contributed by atoms with Gasteiger partial charge in [-0.25, -0.2) is 0 Å². The molecule has 8 bridgehead atoms. The van der Waals surface area contributed by atoms with Crippen LogP contribution in [0.1, 0.15) is 102 Å². The first-order valence-corrected chi connectivity index (χ1v) is 30.6. The number of carbonyl (C=O) groups is 8. The van der Waals surface area contributed by atoms with Crippen LogP contribution >= 0.6 is 0 Å². The molecule has 1 aromatic rings. The second-order valence-corrected chi connectivity index (χ2v) is 24.5. The molecule has 0 spiro atoms. The van der Waals surface area contributed by atoms with E-state index in [2.05, 4.69) is 28.9 Å². The van der Waals surface area contributed by atoms with Gasteiger partial charge in [0.05, 0.1) is 91.4 Å². The van der Waals surface area contributed by atoms with Gasteiger partial charge in [0.2, 0.25) is 23.6 Å². The monoisotopic (exact) mass is 1140 g/mol. The Morgan fingerprint density at radius 2 is 0.756 bits per heavy atom. The average Bonchev–Trinajstić information content (AvgIpc) is 4.08. The molecule has 1 N–H and O–H groups in total. The van der Waals surface area contributed by atoms with Gasteiger partial charge in [-0.05, 0) is 102 Å². The van der Waals surface area contributed by atoms with E-state index in [1.165, 1.54) is 19.1 Å². The van der Waals surface area contributed by atoms with Crippen LogP contribution in [0.15, 0.2) is 30.3 Å². The van der Waals surface area contributed by atoms with Crippen LogP contribution in [-0.4, -0.2) is 223 Å². The highest BCUT2D eigenvalue weighted by atomic mass is 16.5. The number of piperazine rings is 2. The number of esters is 1. The van der Waals surface area contributed by atoms with Crippen molar-refractivity contribution >= 4 is 47.5 Å². The number of benzene rings is 1. The van der Waals surface area contributed by atoms with E-state index in [0.29, 0.717) is 26.2 Å². The molecule has 0 aliphatic carbocycles. The Hall–Kier alpha value is -5.26. The third-order valence-electron chi connectivity index (χ3n) is 19.9. The Morgan fingerprint density at radius 3 is 1.11 bits per heavy atom. The van der Waals surface area contributed by atoms with E-state index in [-0.39, 0.29) is 84.3 Å². The molecular weight excluding hydrogens is 1060 g/mol. The summed E-state index contributed by atoms with van der Waals surface area (Å²) < 4.78 is 27.6. The van der Waals surface area contributed by atoms with Gasteiger partial charge in [0.1, 0.15) is 0 Å². The minimum absolute atomic E-state index is 0.0287. The number of likely N-dealkylation sites (N-methyl/N-ethyl adjacent to an activating group) is 1. The van der Waals surface area contributed by atoms with Gasteiger partial charge in [-0.2, -0.15) is 0 Å². The van der Waals surface area contributed by atoms with Crippen molar-refractivity contribution in [3.63, 3.8) is 0 Å². The topological polar surface area (TPSA) is 268 Å². The maximum Gasteiger partial charge on any atom is 0.312 e. The number of piperidine rings is 2. The fraction of sp³-hybridized carbons (Fsp3) is 0.767. The number of ether oxygens (including phenoxy) is 5. The maximum absolute atomic E-state index is 12.9. The number of nitrogens with zero attached hydrogens (tertiary/aromatic N) is 6. The highest BCUT2D eigenvalue weighted by Gasteiger charge is 2.59. The molecule has 0 aromatic heterocycles.